The fraction of sp³-hybridized carbons (Fsp3) is 0.727. The molecule has 0 amide bonds. The summed E-state index contributed by atoms with van der Waals surface area (Å²) < 4.78 is 27.0. The Kier molecular flexibility index (Phi) is 3.61. The van der Waals surface area contributed by atoms with E-state index in [-0.39, 0.29) is 24.0 Å². The van der Waals surface area contributed by atoms with Gasteiger partial charge >= 0.3 is 0 Å². The molecule has 2 rings (SSSR count). The largest absolute Gasteiger partial charge is 0.396 e. The Hall–Kier alpha value is -1.17. The summed E-state index contributed by atoms with van der Waals surface area (Å²) in [5, 5.41) is 13.0. The van der Waals surface area contributed by atoms with Gasteiger partial charge < -0.3 is 10.8 Å². The van der Waals surface area contributed by atoms with Crippen LogP contribution in [-0.4, -0.2) is 21.5 Å². The minimum atomic E-state index is -2.59. The van der Waals surface area contributed by atoms with E-state index < -0.39 is 6.43 Å². The van der Waals surface area contributed by atoms with Crippen molar-refractivity contribution in [2.24, 2.45) is 5.92 Å². The van der Waals surface area contributed by atoms with Crippen LogP contribution in [0.15, 0.2) is 6.20 Å². The standard InChI is InChI=1S/C11H17F2N3O/c12-11(13)10-9(14)5-15-16(10)8-3-1-7(6-17)2-4-8/h5,7-8,11,17H,1-4,6,14H2/t7-,8-. The summed E-state index contributed by atoms with van der Waals surface area (Å²) >= 11 is 0. The lowest BCUT2D eigenvalue weighted by Crippen LogP contribution is -2.22. The number of halogens is 2. The number of alkyl halides is 2. The van der Waals surface area contributed by atoms with Gasteiger partial charge in [0, 0.05) is 6.61 Å². The van der Waals surface area contributed by atoms with Crippen LogP contribution in [0.5, 0.6) is 0 Å². The third-order valence-electron chi connectivity index (χ3n) is 3.49. The van der Waals surface area contributed by atoms with Gasteiger partial charge in [-0.3, -0.25) is 4.68 Å². The molecule has 0 spiro atoms. The van der Waals surface area contributed by atoms with Gasteiger partial charge in [0.05, 0.1) is 17.9 Å². The van der Waals surface area contributed by atoms with Crippen molar-refractivity contribution < 1.29 is 13.9 Å². The van der Waals surface area contributed by atoms with Crippen molar-refractivity contribution in [2.45, 2.75) is 38.2 Å². The number of nitrogens with zero attached hydrogens (tertiary/aromatic N) is 2. The molecule has 0 unspecified atom stereocenters. The van der Waals surface area contributed by atoms with Gasteiger partial charge in [-0.25, -0.2) is 8.78 Å². The molecule has 1 saturated carbocycles. The fourth-order valence-corrected chi connectivity index (χ4v) is 2.47. The van der Waals surface area contributed by atoms with E-state index in [2.05, 4.69) is 5.10 Å². The van der Waals surface area contributed by atoms with E-state index in [1.165, 1.54) is 10.9 Å². The molecule has 0 radical (unpaired) electrons. The fourth-order valence-electron chi connectivity index (χ4n) is 2.47. The van der Waals surface area contributed by atoms with E-state index >= 15 is 0 Å². The van der Waals surface area contributed by atoms with Crippen molar-refractivity contribution in [3.8, 4) is 0 Å². The second-order valence-corrected chi connectivity index (χ2v) is 4.59. The number of aliphatic hydroxyl groups is 1. The van der Waals surface area contributed by atoms with Gasteiger partial charge in [0.15, 0.2) is 0 Å². The molecular weight excluding hydrogens is 228 g/mol. The van der Waals surface area contributed by atoms with Crippen molar-refractivity contribution in [2.75, 3.05) is 12.3 Å². The summed E-state index contributed by atoms with van der Waals surface area (Å²) in [7, 11) is 0. The van der Waals surface area contributed by atoms with Gasteiger partial charge in [-0.15, -0.1) is 0 Å². The summed E-state index contributed by atoms with van der Waals surface area (Å²) in [5.41, 5.74) is 5.39. The Morgan fingerprint density at radius 2 is 2.06 bits per heavy atom. The van der Waals surface area contributed by atoms with Crippen molar-refractivity contribution >= 4 is 5.69 Å². The first kappa shape index (κ1) is 12.3. The van der Waals surface area contributed by atoms with E-state index in [1.807, 2.05) is 0 Å². The third-order valence-corrected chi connectivity index (χ3v) is 3.49. The molecule has 0 aliphatic heterocycles. The highest BCUT2D eigenvalue weighted by Crippen LogP contribution is 2.35. The minimum Gasteiger partial charge on any atom is -0.396 e. The maximum Gasteiger partial charge on any atom is 0.282 e. The predicted octanol–water partition coefficient (Wildman–Crippen LogP) is 2.13. The molecule has 1 aromatic rings. The summed E-state index contributed by atoms with van der Waals surface area (Å²) in [4.78, 5) is 0. The van der Waals surface area contributed by atoms with Crippen molar-refractivity contribution in [1.29, 1.82) is 0 Å². The Balaban J connectivity index is 2.13. The molecular formula is C11H17F2N3O. The van der Waals surface area contributed by atoms with Crippen LogP contribution >= 0.6 is 0 Å². The zero-order valence-electron chi connectivity index (χ0n) is 9.52. The molecule has 1 aliphatic carbocycles. The van der Waals surface area contributed by atoms with Crippen molar-refractivity contribution in [3.05, 3.63) is 11.9 Å². The highest BCUT2D eigenvalue weighted by molar-refractivity contribution is 5.41. The maximum atomic E-state index is 12.8. The molecule has 1 heterocycles. The van der Waals surface area contributed by atoms with Crippen LogP contribution in [0.3, 0.4) is 0 Å². The second kappa shape index (κ2) is 5.00. The van der Waals surface area contributed by atoms with Crippen LogP contribution in [-0.2, 0) is 0 Å². The Labute approximate surface area is 98.4 Å². The molecule has 1 aliphatic rings. The van der Waals surface area contributed by atoms with Crippen LogP contribution in [0, 0.1) is 5.92 Å². The normalized spacial score (nSPS) is 25.4. The van der Waals surface area contributed by atoms with E-state index in [9.17, 15) is 8.78 Å². The average molecular weight is 245 g/mol. The lowest BCUT2D eigenvalue weighted by atomic mass is 9.86. The summed E-state index contributed by atoms with van der Waals surface area (Å²) in [6.45, 7) is 0.176. The molecule has 3 N–H and O–H groups in total. The third kappa shape index (κ3) is 2.41. The maximum absolute atomic E-state index is 12.8. The topological polar surface area (TPSA) is 64.1 Å². The van der Waals surface area contributed by atoms with Crippen molar-refractivity contribution in [1.82, 2.24) is 9.78 Å². The van der Waals surface area contributed by atoms with Crippen molar-refractivity contribution in [3.63, 3.8) is 0 Å². The molecule has 1 fully saturated rings. The summed E-state index contributed by atoms with van der Waals surface area (Å²) in [6, 6.07) is -0.0147. The monoisotopic (exact) mass is 245 g/mol. The Bertz CT molecular complexity index is 373. The zero-order valence-corrected chi connectivity index (χ0v) is 9.52. The van der Waals surface area contributed by atoms with Crippen LogP contribution in [0.1, 0.15) is 43.8 Å². The number of hydrogen-bond acceptors (Lipinski definition) is 3. The van der Waals surface area contributed by atoms with Crippen LogP contribution in [0.2, 0.25) is 0 Å². The summed E-state index contributed by atoms with van der Waals surface area (Å²) in [5.74, 6) is 0.300. The van der Waals surface area contributed by atoms with Gasteiger partial charge in [0.1, 0.15) is 5.69 Å². The molecule has 0 saturated heterocycles. The number of anilines is 1. The number of nitrogens with two attached hydrogens (primary N) is 1. The van der Waals surface area contributed by atoms with E-state index in [0.717, 1.165) is 25.7 Å². The van der Waals surface area contributed by atoms with E-state index in [4.69, 9.17) is 10.8 Å². The molecule has 0 atom stereocenters. The smallest absolute Gasteiger partial charge is 0.282 e. The lowest BCUT2D eigenvalue weighted by molar-refractivity contribution is 0.125. The second-order valence-electron chi connectivity index (χ2n) is 4.59. The summed E-state index contributed by atoms with van der Waals surface area (Å²) in [6.07, 6.45) is 1.94. The molecule has 6 heteroatoms. The van der Waals surface area contributed by atoms with Gasteiger partial charge in [-0.1, -0.05) is 0 Å². The van der Waals surface area contributed by atoms with E-state index in [1.54, 1.807) is 0 Å². The average Bonchev–Trinajstić information content (AvgIpc) is 2.71. The van der Waals surface area contributed by atoms with Gasteiger partial charge in [0.25, 0.3) is 6.43 Å². The van der Waals surface area contributed by atoms with Gasteiger partial charge in [-0.2, -0.15) is 5.10 Å². The molecule has 1 aromatic heterocycles. The first-order valence-corrected chi connectivity index (χ1v) is 5.85. The number of hydrogen-bond donors (Lipinski definition) is 2. The molecule has 17 heavy (non-hydrogen) atoms. The van der Waals surface area contributed by atoms with Crippen LogP contribution in [0.4, 0.5) is 14.5 Å². The number of aliphatic hydroxyl groups excluding tert-OH is 1. The Morgan fingerprint density at radius 3 is 2.59 bits per heavy atom. The van der Waals surface area contributed by atoms with Crippen LogP contribution < -0.4 is 5.73 Å². The molecule has 4 nitrogen and oxygen atoms in total. The van der Waals surface area contributed by atoms with Gasteiger partial charge in [-0.05, 0) is 31.6 Å². The van der Waals surface area contributed by atoms with Gasteiger partial charge in [0.2, 0.25) is 0 Å². The predicted molar refractivity (Wildman–Crippen MR) is 59.7 cm³/mol. The number of aromatic nitrogens is 2. The highest BCUT2D eigenvalue weighted by Gasteiger charge is 2.27. The lowest BCUT2D eigenvalue weighted by Gasteiger charge is -2.28. The number of rotatable bonds is 3. The SMILES string of the molecule is Nc1cnn([C@H]2CC[C@H](CO)CC2)c1C(F)F. The molecule has 0 bridgehead atoms. The minimum absolute atomic E-state index is 0.0147. The molecule has 96 valence electrons. The van der Waals surface area contributed by atoms with E-state index in [0.29, 0.717) is 5.92 Å². The number of nitrogen functional groups attached to an aromatic ring is 1. The highest BCUT2D eigenvalue weighted by atomic mass is 19.3. The first-order valence-electron chi connectivity index (χ1n) is 5.85. The quantitative estimate of drug-likeness (QED) is 0.857. The Morgan fingerprint density at radius 1 is 1.41 bits per heavy atom. The molecule has 0 aromatic carbocycles. The zero-order chi connectivity index (χ0) is 12.4. The van der Waals surface area contributed by atoms with Crippen LogP contribution in [0.25, 0.3) is 0 Å². The first-order chi connectivity index (χ1) is 8.13.